The largest absolute Gasteiger partial charge is 0.490 e. The summed E-state index contributed by atoms with van der Waals surface area (Å²) in [4.78, 5) is 15.9. The second-order valence-electron chi connectivity index (χ2n) is 8.30. The summed E-state index contributed by atoms with van der Waals surface area (Å²) in [6.45, 7) is 5.70. The molecule has 8 heteroatoms. The third-order valence-electron chi connectivity index (χ3n) is 6.06. The first-order valence-corrected chi connectivity index (χ1v) is 11.3. The number of fused-ring (bicyclic) bond motifs is 3. The van der Waals surface area contributed by atoms with Crippen molar-refractivity contribution in [2.24, 2.45) is 5.73 Å². The number of nitrogens with two attached hydrogens (primary N) is 2. The van der Waals surface area contributed by atoms with Crippen LogP contribution in [0.1, 0.15) is 13.3 Å². The quantitative estimate of drug-likeness (QED) is 0.435. The molecule has 1 fully saturated rings. The van der Waals surface area contributed by atoms with E-state index in [1.807, 2.05) is 13.0 Å². The lowest BCUT2D eigenvalue weighted by molar-refractivity contribution is 0.122. The van der Waals surface area contributed by atoms with E-state index in [4.69, 9.17) is 20.9 Å². The maximum Gasteiger partial charge on any atom is 0.138 e. The van der Waals surface area contributed by atoms with Crippen molar-refractivity contribution in [2.75, 3.05) is 43.5 Å². The smallest absolute Gasteiger partial charge is 0.138 e. The minimum Gasteiger partial charge on any atom is -0.490 e. The summed E-state index contributed by atoms with van der Waals surface area (Å²) in [5, 5.41) is 2.89. The zero-order chi connectivity index (χ0) is 22.8. The molecular weight excluding hydrogens is 416 g/mol. The van der Waals surface area contributed by atoms with Gasteiger partial charge in [0.2, 0.25) is 0 Å². The fraction of sp³-hybridized carbons (Fsp3) is 0.320. The van der Waals surface area contributed by atoms with Crippen LogP contribution in [0, 0.1) is 0 Å². The monoisotopic (exact) mass is 444 g/mol. The van der Waals surface area contributed by atoms with Crippen molar-refractivity contribution in [1.82, 2.24) is 15.0 Å². The predicted molar refractivity (Wildman–Crippen MR) is 131 cm³/mol. The lowest BCUT2D eigenvalue weighted by atomic mass is 10.0. The van der Waals surface area contributed by atoms with Crippen LogP contribution in [0.2, 0.25) is 0 Å². The van der Waals surface area contributed by atoms with Gasteiger partial charge in [0.1, 0.15) is 18.2 Å². The molecule has 33 heavy (non-hydrogen) atoms. The van der Waals surface area contributed by atoms with Crippen molar-refractivity contribution >= 4 is 33.2 Å². The average Bonchev–Trinajstić information content (AvgIpc) is 2.87. The van der Waals surface area contributed by atoms with E-state index in [1.165, 1.54) is 0 Å². The molecule has 0 saturated carbocycles. The molecule has 8 nitrogen and oxygen atoms in total. The standard InChI is InChI=1S/C25H28N6O2/c1-2-17(26)15-33-19-9-16(12-28-13-19)24-11-20-21-10-18(31-5-7-32-8-6-31)3-4-23(21)29-14-22(20)25(27)30-24/h3-4,9-14,17H,2,5-8,15,26H2,1H3,(H2,27,30)/t17-/m0/s1. The Balaban J connectivity index is 1.57. The fourth-order valence-corrected chi connectivity index (χ4v) is 4.04. The molecule has 0 radical (unpaired) electrons. The summed E-state index contributed by atoms with van der Waals surface area (Å²) < 4.78 is 11.3. The highest BCUT2D eigenvalue weighted by Gasteiger charge is 2.15. The minimum atomic E-state index is -0.0115. The van der Waals surface area contributed by atoms with Gasteiger partial charge in [-0.25, -0.2) is 4.98 Å². The first-order valence-electron chi connectivity index (χ1n) is 11.3. The van der Waals surface area contributed by atoms with E-state index in [-0.39, 0.29) is 6.04 Å². The van der Waals surface area contributed by atoms with Crippen molar-refractivity contribution in [1.29, 1.82) is 0 Å². The summed E-state index contributed by atoms with van der Waals surface area (Å²) in [5.74, 6) is 1.10. The third-order valence-corrected chi connectivity index (χ3v) is 6.06. The molecule has 4 aromatic rings. The van der Waals surface area contributed by atoms with E-state index in [0.29, 0.717) is 18.2 Å². The van der Waals surface area contributed by atoms with Crippen LogP contribution in [0.3, 0.4) is 0 Å². The summed E-state index contributed by atoms with van der Waals surface area (Å²) in [5.41, 5.74) is 16.0. The Morgan fingerprint density at radius 1 is 1.06 bits per heavy atom. The molecule has 0 bridgehead atoms. The molecule has 0 unspecified atom stereocenters. The molecule has 1 saturated heterocycles. The summed E-state index contributed by atoms with van der Waals surface area (Å²) >= 11 is 0. The van der Waals surface area contributed by atoms with Gasteiger partial charge in [-0.05, 0) is 42.1 Å². The number of hydrogen-bond donors (Lipinski definition) is 2. The first kappa shape index (κ1) is 21.4. The normalized spacial score (nSPS) is 15.2. The second kappa shape index (κ2) is 9.17. The molecule has 0 aliphatic carbocycles. The Morgan fingerprint density at radius 2 is 1.91 bits per heavy atom. The van der Waals surface area contributed by atoms with Gasteiger partial charge in [0.15, 0.2) is 0 Å². The molecular formula is C25H28N6O2. The van der Waals surface area contributed by atoms with E-state index in [0.717, 1.165) is 71.3 Å². The van der Waals surface area contributed by atoms with Crippen molar-refractivity contribution in [3.8, 4) is 17.0 Å². The van der Waals surface area contributed by atoms with Crippen LogP contribution in [0.15, 0.2) is 48.9 Å². The summed E-state index contributed by atoms with van der Waals surface area (Å²) in [6.07, 6.45) is 6.10. The van der Waals surface area contributed by atoms with Crippen molar-refractivity contribution in [3.63, 3.8) is 0 Å². The van der Waals surface area contributed by atoms with Crippen molar-refractivity contribution < 1.29 is 9.47 Å². The topological polar surface area (TPSA) is 112 Å². The summed E-state index contributed by atoms with van der Waals surface area (Å²) in [6, 6.07) is 10.3. The fourth-order valence-electron chi connectivity index (χ4n) is 4.04. The number of benzene rings is 1. The molecule has 5 rings (SSSR count). The highest BCUT2D eigenvalue weighted by Crippen LogP contribution is 2.33. The van der Waals surface area contributed by atoms with Crippen LogP contribution in [0.4, 0.5) is 11.5 Å². The van der Waals surface area contributed by atoms with Crippen molar-refractivity contribution in [2.45, 2.75) is 19.4 Å². The zero-order valence-electron chi connectivity index (χ0n) is 18.7. The Hall–Kier alpha value is -3.49. The van der Waals surface area contributed by atoms with Gasteiger partial charge in [-0.2, -0.15) is 0 Å². The van der Waals surface area contributed by atoms with E-state index in [2.05, 4.69) is 44.1 Å². The average molecular weight is 445 g/mol. The molecule has 4 heterocycles. The molecule has 170 valence electrons. The van der Waals surface area contributed by atoms with E-state index in [1.54, 1.807) is 18.6 Å². The van der Waals surface area contributed by atoms with Gasteiger partial charge in [-0.1, -0.05) is 6.92 Å². The van der Waals surface area contributed by atoms with Crippen molar-refractivity contribution in [3.05, 3.63) is 48.9 Å². The maximum absolute atomic E-state index is 6.37. The predicted octanol–water partition coefficient (Wildman–Crippen LogP) is 3.38. The maximum atomic E-state index is 6.37. The molecule has 1 atom stereocenters. The second-order valence-corrected chi connectivity index (χ2v) is 8.30. The number of ether oxygens (including phenoxy) is 2. The Morgan fingerprint density at radius 3 is 2.73 bits per heavy atom. The highest BCUT2D eigenvalue weighted by atomic mass is 16.5. The molecule has 1 aliphatic heterocycles. The van der Waals surface area contributed by atoms with Crippen LogP contribution in [-0.2, 0) is 4.74 Å². The highest BCUT2D eigenvalue weighted by molar-refractivity contribution is 6.10. The zero-order valence-corrected chi connectivity index (χ0v) is 18.7. The number of nitrogens with zero attached hydrogens (tertiary/aromatic N) is 4. The molecule has 1 aliphatic rings. The number of nitrogen functional groups attached to an aromatic ring is 1. The Kier molecular flexibility index (Phi) is 5.93. The molecule has 0 amide bonds. The van der Waals surface area contributed by atoms with Gasteiger partial charge in [0.05, 0.1) is 30.6 Å². The van der Waals surface area contributed by atoms with Crippen LogP contribution in [0.25, 0.3) is 32.9 Å². The number of anilines is 2. The Bertz CT molecular complexity index is 1290. The number of rotatable bonds is 6. The van der Waals surface area contributed by atoms with Crippen LogP contribution in [0.5, 0.6) is 5.75 Å². The van der Waals surface area contributed by atoms with Gasteiger partial charge in [-0.3, -0.25) is 9.97 Å². The molecule has 0 spiro atoms. The van der Waals surface area contributed by atoms with Crippen LogP contribution >= 0.6 is 0 Å². The van der Waals surface area contributed by atoms with Gasteiger partial charge in [0, 0.05) is 53.5 Å². The minimum absolute atomic E-state index is 0.0115. The summed E-state index contributed by atoms with van der Waals surface area (Å²) in [7, 11) is 0. The van der Waals surface area contributed by atoms with Gasteiger partial charge < -0.3 is 25.8 Å². The van der Waals surface area contributed by atoms with E-state index >= 15 is 0 Å². The Labute approximate surface area is 192 Å². The third kappa shape index (κ3) is 4.40. The van der Waals surface area contributed by atoms with E-state index in [9.17, 15) is 0 Å². The number of hydrogen-bond acceptors (Lipinski definition) is 8. The van der Waals surface area contributed by atoms with Crippen LogP contribution < -0.4 is 21.1 Å². The first-order chi connectivity index (χ1) is 16.1. The lowest BCUT2D eigenvalue weighted by Gasteiger charge is -2.29. The molecule has 3 aromatic heterocycles. The molecule has 4 N–H and O–H groups in total. The van der Waals surface area contributed by atoms with Gasteiger partial charge in [0.25, 0.3) is 0 Å². The molecule has 1 aromatic carbocycles. The van der Waals surface area contributed by atoms with E-state index < -0.39 is 0 Å². The van der Waals surface area contributed by atoms with Gasteiger partial charge >= 0.3 is 0 Å². The SMILES string of the molecule is CC[C@H](N)COc1cncc(-c2cc3c(cnc4ccc(N5CCOCC5)cc43)c(N)n2)c1. The number of morpholine rings is 1. The number of aromatic nitrogens is 3. The lowest BCUT2D eigenvalue weighted by Crippen LogP contribution is -2.36. The van der Waals surface area contributed by atoms with Gasteiger partial charge in [-0.15, -0.1) is 0 Å². The number of pyridine rings is 3. The van der Waals surface area contributed by atoms with Crippen LogP contribution in [-0.4, -0.2) is 53.9 Å².